The quantitative estimate of drug-likeness (QED) is 0.731. The molecule has 17 heavy (non-hydrogen) atoms. The first kappa shape index (κ1) is 14.4. The summed E-state index contributed by atoms with van der Waals surface area (Å²) in [6.07, 6.45) is 3.80. The number of sulfone groups is 1. The highest BCUT2D eigenvalue weighted by Gasteiger charge is 2.54. The maximum atomic E-state index is 11.9. The zero-order chi connectivity index (χ0) is 13.1. The van der Waals surface area contributed by atoms with Crippen LogP contribution in [-0.4, -0.2) is 45.1 Å². The van der Waals surface area contributed by atoms with Gasteiger partial charge >= 0.3 is 5.97 Å². The summed E-state index contributed by atoms with van der Waals surface area (Å²) in [6, 6.07) is 0. The van der Waals surface area contributed by atoms with Gasteiger partial charge in [0.2, 0.25) is 0 Å². The third-order valence-electron chi connectivity index (χ3n) is 3.34. The van der Waals surface area contributed by atoms with Crippen molar-refractivity contribution in [3.8, 4) is 0 Å². The molecule has 0 amide bonds. The molecule has 0 spiro atoms. The molecule has 2 atom stereocenters. The molecular formula is C11H21NO4S. The number of hydrogen-bond donors (Lipinski definition) is 1. The van der Waals surface area contributed by atoms with Gasteiger partial charge < -0.3 is 10.1 Å². The van der Waals surface area contributed by atoms with Crippen molar-refractivity contribution in [1.29, 1.82) is 0 Å². The first-order valence-electron chi connectivity index (χ1n) is 5.90. The zero-order valence-corrected chi connectivity index (χ0v) is 11.5. The zero-order valence-electron chi connectivity index (χ0n) is 10.7. The van der Waals surface area contributed by atoms with Gasteiger partial charge in [0.25, 0.3) is 0 Å². The summed E-state index contributed by atoms with van der Waals surface area (Å²) < 4.78 is 28.4. The van der Waals surface area contributed by atoms with E-state index < -0.39 is 26.6 Å². The molecule has 5 nitrogen and oxygen atoms in total. The molecular weight excluding hydrogens is 242 g/mol. The molecule has 6 heteroatoms. The highest BCUT2D eigenvalue weighted by atomic mass is 32.2. The Bertz CT molecular complexity index is 379. The SMILES string of the molecule is CCCNC1(C(=O)OC)CCCC1S(C)(=O)=O. The van der Waals surface area contributed by atoms with Crippen LogP contribution in [0.3, 0.4) is 0 Å². The third-order valence-corrected chi connectivity index (χ3v) is 5.02. The minimum absolute atomic E-state index is 0.459. The Morgan fingerprint density at radius 2 is 2.18 bits per heavy atom. The molecule has 0 saturated heterocycles. The highest BCUT2D eigenvalue weighted by molar-refractivity contribution is 7.91. The lowest BCUT2D eigenvalue weighted by Crippen LogP contribution is -2.60. The van der Waals surface area contributed by atoms with Gasteiger partial charge in [-0.3, -0.25) is 4.79 Å². The first-order chi connectivity index (χ1) is 7.88. The Morgan fingerprint density at radius 1 is 1.53 bits per heavy atom. The van der Waals surface area contributed by atoms with Crippen LogP contribution >= 0.6 is 0 Å². The van der Waals surface area contributed by atoms with Gasteiger partial charge in [-0.05, 0) is 32.2 Å². The standard InChI is InChI=1S/C11H21NO4S/c1-4-8-12-11(10(13)16-2)7-5-6-9(11)17(3,14)15/h9,12H,4-8H2,1-3H3. The number of rotatable bonds is 5. The predicted octanol–water partition coefficient (Wildman–Crippen LogP) is 0.495. The average molecular weight is 263 g/mol. The highest BCUT2D eigenvalue weighted by Crippen LogP contribution is 2.35. The first-order valence-corrected chi connectivity index (χ1v) is 7.86. The summed E-state index contributed by atoms with van der Waals surface area (Å²) >= 11 is 0. The topological polar surface area (TPSA) is 72.5 Å². The van der Waals surface area contributed by atoms with Crippen molar-refractivity contribution in [1.82, 2.24) is 5.32 Å². The van der Waals surface area contributed by atoms with Crippen molar-refractivity contribution in [2.45, 2.75) is 43.4 Å². The van der Waals surface area contributed by atoms with Crippen LogP contribution < -0.4 is 5.32 Å². The average Bonchev–Trinajstić information content (AvgIpc) is 2.70. The Hall–Kier alpha value is -0.620. The normalized spacial score (nSPS) is 29.2. The second-order valence-electron chi connectivity index (χ2n) is 4.60. The van der Waals surface area contributed by atoms with Gasteiger partial charge in [-0.25, -0.2) is 8.42 Å². The number of ether oxygens (including phenoxy) is 1. The summed E-state index contributed by atoms with van der Waals surface area (Å²) in [6.45, 7) is 2.59. The van der Waals surface area contributed by atoms with Crippen molar-refractivity contribution >= 4 is 15.8 Å². The van der Waals surface area contributed by atoms with Crippen LogP contribution in [-0.2, 0) is 19.4 Å². The van der Waals surface area contributed by atoms with E-state index in [0.29, 0.717) is 19.4 Å². The van der Waals surface area contributed by atoms with Gasteiger partial charge in [-0.15, -0.1) is 0 Å². The number of esters is 1. The van der Waals surface area contributed by atoms with Crippen LogP contribution in [0.4, 0.5) is 0 Å². The second-order valence-corrected chi connectivity index (χ2v) is 6.83. The number of carbonyl (C=O) groups excluding carboxylic acids is 1. The third kappa shape index (κ3) is 2.80. The Kier molecular flexibility index (Phi) is 4.55. The van der Waals surface area contributed by atoms with E-state index in [4.69, 9.17) is 4.74 Å². The van der Waals surface area contributed by atoms with Crippen LogP contribution in [0.25, 0.3) is 0 Å². The van der Waals surface area contributed by atoms with Crippen molar-refractivity contribution < 1.29 is 17.9 Å². The van der Waals surface area contributed by atoms with E-state index >= 15 is 0 Å². The Labute approximate surface area is 103 Å². The number of methoxy groups -OCH3 is 1. The van der Waals surface area contributed by atoms with Gasteiger partial charge in [-0.1, -0.05) is 6.92 Å². The molecule has 0 bridgehead atoms. The Balaban J connectivity index is 3.08. The lowest BCUT2D eigenvalue weighted by atomic mass is 9.97. The maximum absolute atomic E-state index is 11.9. The van der Waals surface area contributed by atoms with E-state index in [0.717, 1.165) is 12.8 Å². The van der Waals surface area contributed by atoms with Crippen LogP contribution in [0, 0.1) is 0 Å². The fraction of sp³-hybridized carbons (Fsp3) is 0.909. The fourth-order valence-electron chi connectivity index (χ4n) is 2.59. The summed E-state index contributed by atoms with van der Waals surface area (Å²) in [7, 11) is -1.96. The van der Waals surface area contributed by atoms with Gasteiger partial charge in [0, 0.05) is 6.26 Å². The van der Waals surface area contributed by atoms with E-state index in [-0.39, 0.29) is 0 Å². The molecule has 0 aliphatic heterocycles. The lowest BCUT2D eigenvalue weighted by Gasteiger charge is -2.32. The molecule has 0 radical (unpaired) electrons. The van der Waals surface area contributed by atoms with Crippen molar-refractivity contribution in [2.75, 3.05) is 19.9 Å². The van der Waals surface area contributed by atoms with Crippen molar-refractivity contribution in [3.63, 3.8) is 0 Å². The largest absolute Gasteiger partial charge is 0.468 e. The summed E-state index contributed by atoms with van der Waals surface area (Å²) in [5.41, 5.74) is -1.04. The number of hydrogen-bond acceptors (Lipinski definition) is 5. The molecule has 0 aromatic heterocycles. The molecule has 1 N–H and O–H groups in total. The number of carbonyl (C=O) groups is 1. The molecule has 1 aliphatic carbocycles. The summed E-state index contributed by atoms with van der Waals surface area (Å²) in [4.78, 5) is 11.9. The van der Waals surface area contributed by atoms with Gasteiger partial charge in [0.1, 0.15) is 5.54 Å². The monoisotopic (exact) mass is 263 g/mol. The van der Waals surface area contributed by atoms with Crippen LogP contribution in [0.5, 0.6) is 0 Å². The fourth-order valence-corrected chi connectivity index (χ4v) is 4.21. The molecule has 1 rings (SSSR count). The molecule has 1 fully saturated rings. The van der Waals surface area contributed by atoms with Gasteiger partial charge in [0.15, 0.2) is 9.84 Å². The summed E-state index contributed by atoms with van der Waals surface area (Å²) in [5, 5.41) is 2.43. The Morgan fingerprint density at radius 3 is 2.65 bits per heavy atom. The molecule has 0 aromatic carbocycles. The van der Waals surface area contributed by atoms with E-state index in [1.54, 1.807) is 0 Å². The minimum Gasteiger partial charge on any atom is -0.468 e. The van der Waals surface area contributed by atoms with Crippen LogP contribution in [0.2, 0.25) is 0 Å². The molecule has 0 aromatic rings. The van der Waals surface area contributed by atoms with E-state index in [1.165, 1.54) is 13.4 Å². The number of nitrogens with one attached hydrogen (secondary N) is 1. The molecule has 1 aliphatic rings. The van der Waals surface area contributed by atoms with E-state index in [9.17, 15) is 13.2 Å². The molecule has 1 saturated carbocycles. The summed E-state index contributed by atoms with van der Waals surface area (Å²) in [5.74, 6) is -0.459. The maximum Gasteiger partial charge on any atom is 0.327 e. The second kappa shape index (κ2) is 5.35. The minimum atomic E-state index is -3.26. The predicted molar refractivity (Wildman–Crippen MR) is 65.5 cm³/mol. The van der Waals surface area contributed by atoms with Gasteiger partial charge in [-0.2, -0.15) is 0 Å². The van der Waals surface area contributed by atoms with Crippen LogP contribution in [0.15, 0.2) is 0 Å². The molecule has 2 unspecified atom stereocenters. The van der Waals surface area contributed by atoms with Crippen molar-refractivity contribution in [2.24, 2.45) is 0 Å². The lowest BCUT2D eigenvalue weighted by molar-refractivity contribution is -0.148. The van der Waals surface area contributed by atoms with E-state index in [1.807, 2.05) is 6.92 Å². The smallest absolute Gasteiger partial charge is 0.327 e. The van der Waals surface area contributed by atoms with Crippen molar-refractivity contribution in [3.05, 3.63) is 0 Å². The van der Waals surface area contributed by atoms with Crippen LogP contribution in [0.1, 0.15) is 32.6 Å². The van der Waals surface area contributed by atoms with E-state index in [2.05, 4.69) is 5.32 Å². The molecule has 0 heterocycles. The molecule has 100 valence electrons. The van der Waals surface area contributed by atoms with Gasteiger partial charge in [0.05, 0.1) is 12.4 Å².